The van der Waals surface area contributed by atoms with Crippen molar-refractivity contribution in [1.29, 1.82) is 0 Å². The topological polar surface area (TPSA) is 156 Å². The normalized spacial score (nSPS) is 14.0. The molecule has 1 fully saturated rings. The van der Waals surface area contributed by atoms with Gasteiger partial charge >= 0.3 is 0 Å². The molecule has 1 aliphatic rings. The van der Waals surface area contributed by atoms with Crippen LogP contribution in [-0.4, -0.2) is 53.6 Å². The lowest BCUT2D eigenvalue weighted by Crippen LogP contribution is -2.31. The first-order chi connectivity index (χ1) is 20.3. The number of fused-ring (bicyclic) bond motifs is 1. The number of hydrogen-bond acceptors (Lipinski definition) is 9. The number of aromatic nitrogens is 7. The number of nitrogens with one attached hydrogen (secondary N) is 1. The minimum Gasteiger partial charge on any atom is -0.383 e. The van der Waals surface area contributed by atoms with Gasteiger partial charge in [-0.2, -0.15) is 14.9 Å². The summed E-state index contributed by atoms with van der Waals surface area (Å²) in [4.78, 5) is 39.2. The Kier molecular flexibility index (Phi) is 7.17. The fraction of sp³-hybridized carbons (Fsp3) is 0.276. The number of pyridine rings is 1. The molecule has 1 amide bonds. The van der Waals surface area contributed by atoms with E-state index in [1.54, 1.807) is 12.1 Å². The standard InChI is InChI=1S/C29H28FN9O3/c1-16(2)22-13-21(29(41)39(36-22)23-8-5-18(30)14-32-23)28(40)35-19-6-3-17(4-7-19)25-24-26(31)33-15-34-27(24)38(37-25)20-9-11-42-12-10-20/h3-8,13-16,20H,9-12H2,1-2H3,(H,35,40)(H2,31,33,34). The lowest BCUT2D eigenvalue weighted by atomic mass is 10.1. The Hall–Kier alpha value is -5.04. The van der Waals surface area contributed by atoms with E-state index in [1.165, 1.54) is 24.5 Å². The fourth-order valence-corrected chi connectivity index (χ4v) is 4.90. The summed E-state index contributed by atoms with van der Waals surface area (Å²) in [6, 6.07) is 11.2. The van der Waals surface area contributed by atoms with Crippen LogP contribution in [0.15, 0.2) is 59.8 Å². The highest BCUT2D eigenvalue weighted by Crippen LogP contribution is 2.34. The number of halogens is 1. The zero-order valence-electron chi connectivity index (χ0n) is 23.0. The highest BCUT2D eigenvalue weighted by Gasteiger charge is 2.24. The van der Waals surface area contributed by atoms with Gasteiger partial charge in [0.25, 0.3) is 11.5 Å². The highest BCUT2D eigenvalue weighted by molar-refractivity contribution is 6.04. The van der Waals surface area contributed by atoms with Gasteiger partial charge in [-0.15, -0.1) is 0 Å². The van der Waals surface area contributed by atoms with Gasteiger partial charge in [-0.3, -0.25) is 9.59 Å². The van der Waals surface area contributed by atoms with E-state index in [-0.39, 0.29) is 23.3 Å². The van der Waals surface area contributed by atoms with Crippen LogP contribution in [-0.2, 0) is 4.74 Å². The Labute approximate surface area is 239 Å². The predicted octanol–water partition coefficient (Wildman–Crippen LogP) is 3.88. The summed E-state index contributed by atoms with van der Waals surface area (Å²) >= 11 is 0. The molecule has 5 aromatic rings. The zero-order chi connectivity index (χ0) is 29.4. The molecule has 3 N–H and O–H groups in total. The minimum atomic E-state index is -0.673. The summed E-state index contributed by atoms with van der Waals surface area (Å²) in [5, 5.41) is 12.7. The summed E-state index contributed by atoms with van der Waals surface area (Å²) < 4.78 is 21.8. The van der Waals surface area contributed by atoms with Crippen molar-refractivity contribution in [3.05, 3.63) is 82.4 Å². The van der Waals surface area contributed by atoms with Crippen molar-refractivity contribution >= 4 is 28.4 Å². The smallest absolute Gasteiger partial charge is 0.285 e. The monoisotopic (exact) mass is 569 g/mol. The zero-order valence-corrected chi connectivity index (χ0v) is 23.0. The van der Waals surface area contributed by atoms with Crippen molar-refractivity contribution in [2.24, 2.45) is 0 Å². The summed E-state index contributed by atoms with van der Waals surface area (Å²) in [6.45, 7) is 5.08. The summed E-state index contributed by atoms with van der Waals surface area (Å²) in [7, 11) is 0. The number of ether oxygens (including phenoxy) is 1. The molecule has 1 aliphatic heterocycles. The number of carbonyl (C=O) groups is 1. The average Bonchev–Trinajstić information content (AvgIpc) is 3.39. The average molecular weight is 570 g/mol. The first kappa shape index (κ1) is 27.1. The van der Waals surface area contributed by atoms with E-state index in [0.29, 0.717) is 47.1 Å². The van der Waals surface area contributed by atoms with E-state index in [9.17, 15) is 14.0 Å². The van der Waals surface area contributed by atoms with Gasteiger partial charge in [0.05, 0.1) is 23.3 Å². The predicted molar refractivity (Wildman–Crippen MR) is 154 cm³/mol. The second kappa shape index (κ2) is 11.1. The third-order valence-electron chi connectivity index (χ3n) is 7.17. The number of carbonyl (C=O) groups excluding carboxylic acids is 1. The van der Waals surface area contributed by atoms with Crippen molar-refractivity contribution in [1.82, 2.24) is 34.5 Å². The lowest BCUT2D eigenvalue weighted by molar-refractivity contribution is 0.0674. The maximum atomic E-state index is 13.4. The van der Waals surface area contributed by atoms with Gasteiger partial charge in [0, 0.05) is 24.5 Å². The number of amides is 1. The van der Waals surface area contributed by atoms with E-state index in [2.05, 4.69) is 25.4 Å². The molecule has 0 aliphatic carbocycles. The molecule has 0 bridgehead atoms. The molecule has 214 valence electrons. The molecule has 13 heteroatoms. The molecule has 4 aromatic heterocycles. The van der Waals surface area contributed by atoms with Crippen molar-refractivity contribution < 1.29 is 13.9 Å². The van der Waals surface area contributed by atoms with Crippen LogP contribution in [0.2, 0.25) is 0 Å². The number of anilines is 2. The highest BCUT2D eigenvalue weighted by atomic mass is 19.1. The molecule has 0 spiro atoms. The van der Waals surface area contributed by atoms with Crippen molar-refractivity contribution in [2.45, 2.75) is 38.6 Å². The molecule has 0 saturated carbocycles. The van der Waals surface area contributed by atoms with Crippen LogP contribution in [0.3, 0.4) is 0 Å². The third-order valence-corrected chi connectivity index (χ3v) is 7.17. The van der Waals surface area contributed by atoms with Gasteiger partial charge in [0.2, 0.25) is 0 Å². The van der Waals surface area contributed by atoms with Gasteiger partial charge in [0.1, 0.15) is 29.2 Å². The fourth-order valence-electron chi connectivity index (χ4n) is 4.90. The van der Waals surface area contributed by atoms with E-state index in [0.717, 1.165) is 29.3 Å². The molecule has 5 heterocycles. The maximum absolute atomic E-state index is 13.4. The quantitative estimate of drug-likeness (QED) is 0.310. The Balaban J connectivity index is 1.31. The van der Waals surface area contributed by atoms with E-state index in [1.807, 2.05) is 30.7 Å². The van der Waals surface area contributed by atoms with Crippen LogP contribution in [0.25, 0.3) is 28.1 Å². The van der Waals surface area contributed by atoms with E-state index < -0.39 is 17.3 Å². The van der Waals surface area contributed by atoms with Gasteiger partial charge in [-0.1, -0.05) is 26.0 Å². The van der Waals surface area contributed by atoms with Crippen molar-refractivity contribution in [3.63, 3.8) is 0 Å². The number of hydrogen-bond donors (Lipinski definition) is 2. The van der Waals surface area contributed by atoms with Crippen molar-refractivity contribution in [3.8, 4) is 17.1 Å². The van der Waals surface area contributed by atoms with Crippen LogP contribution in [0.1, 0.15) is 54.7 Å². The SMILES string of the molecule is CC(C)c1cc(C(=O)Nc2ccc(-c3nn(C4CCOCC4)c4ncnc(N)c34)cc2)c(=O)n(-c2ccc(F)cn2)n1. The van der Waals surface area contributed by atoms with Crippen LogP contribution < -0.4 is 16.6 Å². The van der Waals surface area contributed by atoms with Crippen LogP contribution in [0.4, 0.5) is 15.9 Å². The van der Waals surface area contributed by atoms with E-state index >= 15 is 0 Å². The van der Waals surface area contributed by atoms with Crippen LogP contribution >= 0.6 is 0 Å². The molecule has 0 radical (unpaired) electrons. The molecule has 0 unspecified atom stereocenters. The lowest BCUT2D eigenvalue weighted by Gasteiger charge is -2.22. The number of rotatable bonds is 6. The van der Waals surface area contributed by atoms with Gasteiger partial charge in [0.15, 0.2) is 11.5 Å². The Morgan fingerprint density at radius 3 is 2.52 bits per heavy atom. The number of nitrogens with zero attached hydrogens (tertiary/aromatic N) is 7. The number of nitrogens with two attached hydrogens (primary N) is 1. The van der Waals surface area contributed by atoms with Gasteiger partial charge < -0.3 is 15.8 Å². The summed E-state index contributed by atoms with van der Waals surface area (Å²) in [5.41, 5.74) is 8.51. The van der Waals surface area contributed by atoms with Crippen LogP contribution in [0, 0.1) is 5.82 Å². The molecule has 12 nitrogen and oxygen atoms in total. The van der Waals surface area contributed by atoms with Gasteiger partial charge in [-0.05, 0) is 49.1 Å². The van der Waals surface area contributed by atoms with Gasteiger partial charge in [-0.25, -0.2) is 24.0 Å². The Bertz CT molecular complexity index is 1830. The van der Waals surface area contributed by atoms with E-state index in [4.69, 9.17) is 15.6 Å². The third kappa shape index (κ3) is 5.09. The summed E-state index contributed by atoms with van der Waals surface area (Å²) in [5.74, 6) is -0.809. The molecular weight excluding hydrogens is 541 g/mol. The van der Waals surface area contributed by atoms with Crippen molar-refractivity contribution in [2.75, 3.05) is 24.3 Å². The number of benzene rings is 1. The van der Waals surface area contributed by atoms with Crippen LogP contribution in [0.5, 0.6) is 0 Å². The molecule has 42 heavy (non-hydrogen) atoms. The minimum absolute atomic E-state index is 0.0877. The molecule has 1 saturated heterocycles. The molecule has 6 rings (SSSR count). The molecule has 0 atom stereocenters. The Morgan fingerprint density at radius 2 is 1.83 bits per heavy atom. The second-order valence-corrected chi connectivity index (χ2v) is 10.3. The first-order valence-electron chi connectivity index (χ1n) is 13.5. The molecule has 1 aromatic carbocycles. The first-order valence-corrected chi connectivity index (χ1v) is 13.5. The number of nitrogen functional groups attached to an aromatic ring is 1. The Morgan fingerprint density at radius 1 is 1.07 bits per heavy atom. The summed E-state index contributed by atoms with van der Waals surface area (Å²) in [6.07, 6.45) is 4.05. The largest absolute Gasteiger partial charge is 0.383 e. The second-order valence-electron chi connectivity index (χ2n) is 10.3. The maximum Gasteiger partial charge on any atom is 0.285 e. The molecular formula is C29H28FN9O3.